The van der Waals surface area contributed by atoms with Gasteiger partial charge in [0.1, 0.15) is 16.6 Å². The summed E-state index contributed by atoms with van der Waals surface area (Å²) in [5.74, 6) is -0.339. The molecule has 0 saturated heterocycles. The topological polar surface area (TPSA) is 111 Å². The van der Waals surface area contributed by atoms with E-state index in [-0.39, 0.29) is 12.5 Å². The lowest BCUT2D eigenvalue weighted by Gasteiger charge is -2.20. The first-order valence-electron chi connectivity index (χ1n) is 5.44. The van der Waals surface area contributed by atoms with E-state index in [9.17, 15) is 9.90 Å². The van der Waals surface area contributed by atoms with Gasteiger partial charge in [-0.2, -0.15) is 15.4 Å². The van der Waals surface area contributed by atoms with Crippen molar-refractivity contribution in [3.63, 3.8) is 0 Å². The number of aliphatic hydroxyl groups excluding tert-OH is 1. The molecule has 0 radical (unpaired) electrons. The van der Waals surface area contributed by atoms with Crippen molar-refractivity contribution in [2.24, 2.45) is 0 Å². The minimum absolute atomic E-state index is 0.0286. The molecule has 7 heteroatoms. The van der Waals surface area contributed by atoms with Crippen LogP contribution in [0.3, 0.4) is 0 Å². The molecule has 1 heterocycles. The Morgan fingerprint density at radius 1 is 1.44 bits per heavy atom. The van der Waals surface area contributed by atoms with Crippen molar-refractivity contribution in [1.29, 1.82) is 0 Å². The highest BCUT2D eigenvalue weighted by atomic mass is 16.3. The molecule has 0 spiro atoms. The van der Waals surface area contributed by atoms with Gasteiger partial charge in [0.2, 0.25) is 0 Å². The summed E-state index contributed by atoms with van der Waals surface area (Å²) in [4.78, 5) is 11.8. The second kappa shape index (κ2) is 4.71. The maximum atomic E-state index is 11.8. The zero-order valence-corrected chi connectivity index (χ0v) is 9.84. The summed E-state index contributed by atoms with van der Waals surface area (Å²) in [5, 5.41) is 31.2. The normalized spacial score (nSPS) is 14.4. The van der Waals surface area contributed by atoms with Crippen LogP contribution >= 0.6 is 0 Å². The number of rotatable bonds is 4. The summed E-state index contributed by atoms with van der Waals surface area (Å²) < 4.78 is 0. The Kier molecular flexibility index (Phi) is 3.26. The molecular formula is C11H14N4O3. The molecule has 1 unspecified atom stereocenters. The number of aliphatic hydroxyl groups is 2. The number of H-pyrrole nitrogens is 1. The number of benzene rings is 1. The number of hydrogen-bond acceptors (Lipinski definition) is 5. The maximum Gasteiger partial charge on any atom is 0.251 e. The Labute approximate surface area is 103 Å². The maximum absolute atomic E-state index is 11.8. The van der Waals surface area contributed by atoms with Crippen LogP contribution in [0, 0.1) is 0 Å². The van der Waals surface area contributed by atoms with Gasteiger partial charge in [-0.25, -0.2) is 0 Å². The van der Waals surface area contributed by atoms with Crippen LogP contribution in [0.4, 0.5) is 0 Å². The monoisotopic (exact) mass is 250 g/mol. The first-order chi connectivity index (χ1) is 8.52. The van der Waals surface area contributed by atoms with E-state index in [1.165, 1.54) is 6.92 Å². The summed E-state index contributed by atoms with van der Waals surface area (Å²) in [5.41, 5.74) is 0.365. The van der Waals surface area contributed by atoms with Crippen LogP contribution in [-0.2, 0) is 0 Å². The third-order valence-electron chi connectivity index (χ3n) is 2.55. The first kappa shape index (κ1) is 12.5. The fourth-order valence-corrected chi connectivity index (χ4v) is 1.41. The molecular weight excluding hydrogens is 236 g/mol. The molecule has 0 aliphatic heterocycles. The Bertz CT molecular complexity index is 564. The van der Waals surface area contributed by atoms with Crippen LogP contribution in [-0.4, -0.2) is 50.3 Å². The van der Waals surface area contributed by atoms with E-state index >= 15 is 0 Å². The summed E-state index contributed by atoms with van der Waals surface area (Å²) in [6, 6.07) is 4.90. The molecule has 0 saturated carbocycles. The fraction of sp³-hybridized carbons (Fsp3) is 0.364. The van der Waals surface area contributed by atoms with Gasteiger partial charge in [0, 0.05) is 12.1 Å². The minimum atomic E-state index is -1.33. The van der Waals surface area contributed by atoms with Crippen molar-refractivity contribution in [3.05, 3.63) is 23.8 Å². The molecule has 1 aromatic carbocycles. The highest BCUT2D eigenvalue weighted by Crippen LogP contribution is 2.10. The Balaban J connectivity index is 2.08. The van der Waals surface area contributed by atoms with Crippen molar-refractivity contribution in [2.45, 2.75) is 12.5 Å². The van der Waals surface area contributed by atoms with Gasteiger partial charge in [-0.3, -0.25) is 4.79 Å². The summed E-state index contributed by atoms with van der Waals surface area (Å²) in [6.07, 6.45) is 0. The van der Waals surface area contributed by atoms with Gasteiger partial charge in [0.15, 0.2) is 0 Å². The van der Waals surface area contributed by atoms with Crippen LogP contribution in [0.1, 0.15) is 17.3 Å². The third-order valence-corrected chi connectivity index (χ3v) is 2.55. The Morgan fingerprint density at radius 2 is 2.17 bits per heavy atom. The summed E-state index contributed by atoms with van der Waals surface area (Å²) >= 11 is 0. The number of fused-ring (bicyclic) bond motifs is 1. The minimum Gasteiger partial charge on any atom is -0.393 e. The van der Waals surface area contributed by atoms with E-state index in [1.807, 2.05) is 0 Å². The molecule has 1 aromatic heterocycles. The molecule has 0 fully saturated rings. The average Bonchev–Trinajstić information content (AvgIpc) is 2.83. The second-order valence-corrected chi connectivity index (χ2v) is 4.36. The van der Waals surface area contributed by atoms with Gasteiger partial charge >= 0.3 is 0 Å². The predicted octanol–water partition coefficient (Wildman–Crippen LogP) is -0.569. The third kappa shape index (κ3) is 2.63. The van der Waals surface area contributed by atoms with Gasteiger partial charge in [0.05, 0.1) is 6.61 Å². The van der Waals surface area contributed by atoms with Gasteiger partial charge < -0.3 is 15.5 Å². The molecule has 0 aliphatic rings. The molecule has 0 aliphatic carbocycles. The molecule has 7 nitrogen and oxygen atoms in total. The van der Waals surface area contributed by atoms with E-state index < -0.39 is 12.2 Å². The van der Waals surface area contributed by atoms with E-state index in [0.29, 0.717) is 16.6 Å². The lowest BCUT2D eigenvalue weighted by atomic mass is 10.1. The van der Waals surface area contributed by atoms with Crippen LogP contribution in [0.5, 0.6) is 0 Å². The number of nitrogens with one attached hydrogen (secondary N) is 2. The lowest BCUT2D eigenvalue weighted by Crippen LogP contribution is -2.43. The van der Waals surface area contributed by atoms with E-state index in [0.717, 1.165) is 0 Å². The Hall–Kier alpha value is -1.99. The van der Waals surface area contributed by atoms with E-state index in [2.05, 4.69) is 20.7 Å². The summed E-state index contributed by atoms with van der Waals surface area (Å²) in [6.45, 7) is 0.989. The van der Waals surface area contributed by atoms with Crippen molar-refractivity contribution in [3.8, 4) is 0 Å². The molecule has 0 bridgehead atoms. The number of nitrogens with zero attached hydrogens (tertiary/aromatic N) is 2. The van der Waals surface area contributed by atoms with Crippen LogP contribution in [0.15, 0.2) is 18.2 Å². The molecule has 4 N–H and O–H groups in total. The molecule has 1 amide bonds. The van der Waals surface area contributed by atoms with Crippen molar-refractivity contribution < 1.29 is 15.0 Å². The second-order valence-electron chi connectivity index (χ2n) is 4.36. The number of carbonyl (C=O) groups excluding carboxylic acids is 1. The predicted molar refractivity (Wildman–Crippen MR) is 63.9 cm³/mol. The van der Waals surface area contributed by atoms with E-state index in [4.69, 9.17) is 5.11 Å². The van der Waals surface area contributed by atoms with Gasteiger partial charge in [-0.05, 0) is 25.1 Å². The smallest absolute Gasteiger partial charge is 0.251 e. The van der Waals surface area contributed by atoms with Crippen LogP contribution in [0.2, 0.25) is 0 Å². The standard InChI is InChI=1S/C11H14N4O3/c1-11(18,6-16)5-12-10(17)7-2-3-8-9(4-7)14-15-13-8/h2-4,16,18H,5-6H2,1H3,(H,12,17)(H,13,14,15). The highest BCUT2D eigenvalue weighted by molar-refractivity contribution is 5.97. The van der Waals surface area contributed by atoms with Crippen molar-refractivity contribution >= 4 is 16.9 Å². The quantitative estimate of drug-likeness (QED) is 0.580. The molecule has 18 heavy (non-hydrogen) atoms. The number of hydrogen-bond donors (Lipinski definition) is 4. The molecule has 2 aromatic rings. The molecule has 2 rings (SSSR count). The van der Waals surface area contributed by atoms with Gasteiger partial charge in [-0.15, -0.1) is 0 Å². The van der Waals surface area contributed by atoms with Crippen LogP contribution < -0.4 is 5.32 Å². The number of carbonyl (C=O) groups is 1. The number of amides is 1. The van der Waals surface area contributed by atoms with Crippen molar-refractivity contribution in [2.75, 3.05) is 13.2 Å². The average molecular weight is 250 g/mol. The Morgan fingerprint density at radius 3 is 2.89 bits per heavy atom. The lowest BCUT2D eigenvalue weighted by molar-refractivity contribution is 0.00320. The van der Waals surface area contributed by atoms with Crippen molar-refractivity contribution in [1.82, 2.24) is 20.7 Å². The first-order valence-corrected chi connectivity index (χ1v) is 5.44. The van der Waals surface area contributed by atoms with E-state index in [1.54, 1.807) is 18.2 Å². The number of aromatic nitrogens is 3. The zero-order chi connectivity index (χ0) is 13.2. The SMILES string of the molecule is CC(O)(CO)CNC(=O)c1ccc2n[nH]nc2c1. The number of aromatic amines is 1. The van der Waals surface area contributed by atoms with Gasteiger partial charge in [0.25, 0.3) is 5.91 Å². The zero-order valence-electron chi connectivity index (χ0n) is 9.84. The molecule has 1 atom stereocenters. The fourth-order valence-electron chi connectivity index (χ4n) is 1.41. The molecule has 96 valence electrons. The van der Waals surface area contributed by atoms with Gasteiger partial charge in [-0.1, -0.05) is 0 Å². The summed E-state index contributed by atoms with van der Waals surface area (Å²) in [7, 11) is 0. The highest BCUT2D eigenvalue weighted by Gasteiger charge is 2.20. The largest absolute Gasteiger partial charge is 0.393 e. The van der Waals surface area contributed by atoms with Crippen LogP contribution in [0.25, 0.3) is 11.0 Å².